The maximum atomic E-state index is 5.56. The molecule has 0 aliphatic carbocycles. The predicted molar refractivity (Wildman–Crippen MR) is 69.9 cm³/mol. The first-order chi connectivity index (χ1) is 6.85. The van der Waals surface area contributed by atoms with E-state index in [1.807, 2.05) is 47.6 Å². The third-order valence-corrected chi connectivity index (χ3v) is 1.42. The Balaban J connectivity index is 0. The molecule has 0 bridgehead atoms. The highest BCUT2D eigenvalue weighted by Gasteiger charge is 2.11. The Morgan fingerprint density at radius 2 is 1.73 bits per heavy atom. The molecule has 0 saturated carbocycles. The molecule has 0 amide bonds. The summed E-state index contributed by atoms with van der Waals surface area (Å²) in [4.78, 5) is 0. The minimum absolute atomic E-state index is 0.146. The molecule has 0 unspecified atom stereocenters. The first kappa shape index (κ1) is 16.4. The molecular weight excluding hydrogens is 184 g/mol. The van der Waals surface area contributed by atoms with Crippen molar-refractivity contribution in [2.45, 2.75) is 53.6 Å². The van der Waals surface area contributed by atoms with E-state index >= 15 is 0 Å². The molecule has 0 rings (SSSR count). The Morgan fingerprint density at radius 1 is 1.27 bits per heavy atom. The monoisotopic (exact) mass is 210 g/mol. The van der Waals surface area contributed by atoms with Gasteiger partial charge in [-0.05, 0) is 27.7 Å². The Kier molecular flexibility index (Phi) is 9.14. The lowest BCUT2D eigenvalue weighted by Gasteiger charge is -2.22. The van der Waals surface area contributed by atoms with Crippen molar-refractivity contribution in [1.82, 2.24) is 0 Å². The summed E-state index contributed by atoms with van der Waals surface area (Å²) in [5, 5.41) is 0. The second-order valence-corrected chi connectivity index (χ2v) is 4.11. The van der Waals surface area contributed by atoms with Gasteiger partial charge in [0.25, 0.3) is 0 Å². The van der Waals surface area contributed by atoms with Crippen molar-refractivity contribution in [3.8, 4) is 0 Å². The van der Waals surface area contributed by atoms with Crippen LogP contribution in [0.1, 0.15) is 48.0 Å². The number of ether oxygens (including phenoxy) is 1. The maximum Gasteiger partial charge on any atom is 0.100 e. The standard InChI is InChI=1S/C12H20O.C2H6/c1-7-10(2)8-9-11(3)13-12(4,5)6;1-2/h7-8H,1,3,9H2,2,4-6H3;1-2H3/b10-8-;. The Labute approximate surface area is 95.5 Å². The van der Waals surface area contributed by atoms with Gasteiger partial charge in [0.2, 0.25) is 0 Å². The molecule has 0 atom stereocenters. The van der Waals surface area contributed by atoms with Gasteiger partial charge in [-0.1, -0.05) is 44.7 Å². The molecular formula is C14H26O. The summed E-state index contributed by atoms with van der Waals surface area (Å²) in [5.74, 6) is 0.800. The van der Waals surface area contributed by atoms with E-state index in [2.05, 4.69) is 19.2 Å². The van der Waals surface area contributed by atoms with Gasteiger partial charge in [0.15, 0.2) is 0 Å². The molecule has 0 aliphatic heterocycles. The van der Waals surface area contributed by atoms with E-state index in [4.69, 9.17) is 4.74 Å². The van der Waals surface area contributed by atoms with Crippen molar-refractivity contribution < 1.29 is 4.74 Å². The highest BCUT2D eigenvalue weighted by atomic mass is 16.5. The second kappa shape index (κ2) is 8.34. The molecule has 0 aliphatic rings. The zero-order valence-electron chi connectivity index (χ0n) is 11.2. The number of rotatable bonds is 4. The van der Waals surface area contributed by atoms with Crippen molar-refractivity contribution in [2.24, 2.45) is 0 Å². The smallest absolute Gasteiger partial charge is 0.100 e. The summed E-state index contributed by atoms with van der Waals surface area (Å²) in [5.41, 5.74) is 1.01. The molecule has 1 nitrogen and oxygen atoms in total. The zero-order valence-corrected chi connectivity index (χ0v) is 11.2. The molecule has 0 N–H and O–H groups in total. The third-order valence-electron chi connectivity index (χ3n) is 1.42. The van der Waals surface area contributed by atoms with Crippen LogP contribution in [-0.2, 0) is 4.74 Å². The minimum Gasteiger partial charge on any atom is -0.493 e. The van der Waals surface area contributed by atoms with Gasteiger partial charge in [0.1, 0.15) is 5.60 Å². The lowest BCUT2D eigenvalue weighted by Crippen LogP contribution is -2.18. The third kappa shape index (κ3) is 13.0. The summed E-state index contributed by atoms with van der Waals surface area (Å²) in [6.45, 7) is 19.6. The first-order valence-corrected chi connectivity index (χ1v) is 5.51. The number of allylic oxidation sites excluding steroid dienone is 3. The lowest BCUT2D eigenvalue weighted by molar-refractivity contribution is 0.0506. The van der Waals surface area contributed by atoms with Crippen LogP contribution in [0.4, 0.5) is 0 Å². The second-order valence-electron chi connectivity index (χ2n) is 4.11. The summed E-state index contributed by atoms with van der Waals surface area (Å²) < 4.78 is 5.56. The van der Waals surface area contributed by atoms with Gasteiger partial charge in [-0.25, -0.2) is 0 Å². The van der Waals surface area contributed by atoms with E-state index in [0.29, 0.717) is 0 Å². The summed E-state index contributed by atoms with van der Waals surface area (Å²) in [7, 11) is 0. The average Bonchev–Trinajstić information content (AvgIpc) is 2.14. The summed E-state index contributed by atoms with van der Waals surface area (Å²) >= 11 is 0. The van der Waals surface area contributed by atoms with Crippen LogP contribution in [0.2, 0.25) is 0 Å². The Bertz CT molecular complexity index is 216. The van der Waals surface area contributed by atoms with Gasteiger partial charge < -0.3 is 4.74 Å². The maximum absolute atomic E-state index is 5.56. The lowest BCUT2D eigenvalue weighted by atomic mass is 10.2. The van der Waals surface area contributed by atoms with Gasteiger partial charge in [0.05, 0.1) is 5.76 Å². The highest BCUT2D eigenvalue weighted by molar-refractivity contribution is 5.14. The van der Waals surface area contributed by atoms with E-state index in [1.165, 1.54) is 0 Å². The van der Waals surface area contributed by atoms with Crippen LogP contribution < -0.4 is 0 Å². The van der Waals surface area contributed by atoms with E-state index in [0.717, 1.165) is 17.8 Å². The SMILES string of the molecule is C=C/C(C)=C\CC(=C)OC(C)(C)C.CC. The van der Waals surface area contributed by atoms with Gasteiger partial charge in [-0.2, -0.15) is 0 Å². The number of hydrogen-bond acceptors (Lipinski definition) is 1. The van der Waals surface area contributed by atoms with Crippen LogP contribution in [0.3, 0.4) is 0 Å². The minimum atomic E-state index is -0.146. The Hall–Kier alpha value is -0.980. The van der Waals surface area contributed by atoms with Crippen LogP contribution >= 0.6 is 0 Å². The molecule has 1 heteroatoms. The van der Waals surface area contributed by atoms with E-state index < -0.39 is 0 Å². The summed E-state index contributed by atoms with van der Waals surface area (Å²) in [6, 6.07) is 0. The van der Waals surface area contributed by atoms with E-state index in [9.17, 15) is 0 Å². The van der Waals surface area contributed by atoms with E-state index in [1.54, 1.807) is 0 Å². The van der Waals surface area contributed by atoms with Crippen LogP contribution in [-0.4, -0.2) is 5.60 Å². The van der Waals surface area contributed by atoms with Gasteiger partial charge in [-0.15, -0.1) is 0 Å². The van der Waals surface area contributed by atoms with Gasteiger partial charge in [-0.3, -0.25) is 0 Å². The van der Waals surface area contributed by atoms with Crippen LogP contribution in [0, 0.1) is 0 Å². The first-order valence-electron chi connectivity index (χ1n) is 5.51. The molecule has 0 saturated heterocycles. The fraction of sp³-hybridized carbons (Fsp3) is 0.571. The zero-order chi connectivity index (χ0) is 12.5. The number of hydrogen-bond donors (Lipinski definition) is 0. The summed E-state index contributed by atoms with van der Waals surface area (Å²) in [6.07, 6.45) is 4.64. The molecule has 0 aromatic heterocycles. The predicted octanol–water partition coefficient (Wildman–Crippen LogP) is 4.86. The van der Waals surface area contributed by atoms with Crippen molar-refractivity contribution in [3.05, 3.63) is 36.6 Å². The normalized spacial score (nSPS) is 11.2. The molecule has 88 valence electrons. The molecule has 0 aromatic rings. The van der Waals surface area contributed by atoms with Crippen LogP contribution in [0.25, 0.3) is 0 Å². The van der Waals surface area contributed by atoms with Gasteiger partial charge >= 0.3 is 0 Å². The van der Waals surface area contributed by atoms with Crippen LogP contribution in [0.5, 0.6) is 0 Å². The molecule has 0 aromatic carbocycles. The molecule has 0 spiro atoms. The largest absolute Gasteiger partial charge is 0.493 e. The Morgan fingerprint density at radius 3 is 2.07 bits per heavy atom. The average molecular weight is 210 g/mol. The molecule has 0 heterocycles. The molecule has 0 fully saturated rings. The quantitative estimate of drug-likeness (QED) is 0.475. The van der Waals surface area contributed by atoms with Crippen LogP contribution in [0.15, 0.2) is 36.6 Å². The topological polar surface area (TPSA) is 9.23 Å². The van der Waals surface area contributed by atoms with E-state index in [-0.39, 0.29) is 5.60 Å². The van der Waals surface area contributed by atoms with Crippen molar-refractivity contribution >= 4 is 0 Å². The van der Waals surface area contributed by atoms with Crippen molar-refractivity contribution in [1.29, 1.82) is 0 Å². The van der Waals surface area contributed by atoms with Crippen molar-refractivity contribution in [3.63, 3.8) is 0 Å². The highest BCUT2D eigenvalue weighted by Crippen LogP contribution is 2.15. The molecule has 0 radical (unpaired) electrons. The fourth-order valence-electron chi connectivity index (χ4n) is 0.833. The molecule has 15 heavy (non-hydrogen) atoms. The van der Waals surface area contributed by atoms with Gasteiger partial charge in [0, 0.05) is 6.42 Å². The van der Waals surface area contributed by atoms with Crippen molar-refractivity contribution in [2.75, 3.05) is 0 Å². The fourth-order valence-corrected chi connectivity index (χ4v) is 0.833.